The lowest BCUT2D eigenvalue weighted by molar-refractivity contribution is -0.119. The summed E-state index contributed by atoms with van der Waals surface area (Å²) < 4.78 is 27.0. The number of aliphatic hydroxyl groups excluding tert-OH is 1. The highest BCUT2D eigenvalue weighted by molar-refractivity contribution is 7.89. The summed E-state index contributed by atoms with van der Waals surface area (Å²) in [6, 6.07) is 6.58. The molecule has 3 rings (SSSR count). The van der Waals surface area contributed by atoms with Gasteiger partial charge in [-0.1, -0.05) is 0 Å². The Kier molecular flexibility index (Phi) is 5.22. The van der Waals surface area contributed by atoms with E-state index in [1.807, 2.05) is 0 Å². The van der Waals surface area contributed by atoms with Crippen molar-refractivity contribution >= 4 is 21.6 Å². The van der Waals surface area contributed by atoms with Crippen LogP contribution in [-0.2, 0) is 14.8 Å². The highest BCUT2D eigenvalue weighted by atomic mass is 32.2. The largest absolute Gasteiger partial charge is 0.396 e. The summed E-state index contributed by atoms with van der Waals surface area (Å²) in [5.41, 5.74) is 0.755. The van der Waals surface area contributed by atoms with Gasteiger partial charge in [0.2, 0.25) is 15.9 Å². The van der Waals surface area contributed by atoms with Crippen molar-refractivity contribution in [3.8, 4) is 0 Å². The summed E-state index contributed by atoms with van der Waals surface area (Å²) in [7, 11) is -3.55. The summed E-state index contributed by atoms with van der Waals surface area (Å²) in [5.74, 6) is 0.109. The average Bonchev–Trinajstić information content (AvgIpc) is 2.62. The maximum absolute atomic E-state index is 12.8. The lowest BCUT2D eigenvalue weighted by atomic mass is 10.0. The van der Waals surface area contributed by atoms with Crippen LogP contribution in [0.5, 0.6) is 0 Å². The first kappa shape index (κ1) is 17.4. The third-order valence-electron chi connectivity index (χ3n) is 4.85. The molecule has 2 aliphatic rings. The predicted molar refractivity (Wildman–Crippen MR) is 91.2 cm³/mol. The molecule has 2 aliphatic heterocycles. The number of carbonyl (C=O) groups is 1. The van der Waals surface area contributed by atoms with Gasteiger partial charge in [-0.05, 0) is 55.9 Å². The Balaban J connectivity index is 1.78. The van der Waals surface area contributed by atoms with Crippen molar-refractivity contribution in [1.82, 2.24) is 4.31 Å². The van der Waals surface area contributed by atoms with Crippen molar-refractivity contribution in [2.75, 3.05) is 31.1 Å². The number of rotatable bonds is 4. The number of hydrogen-bond donors (Lipinski definition) is 1. The second kappa shape index (κ2) is 7.21. The molecule has 6 nitrogen and oxygen atoms in total. The third-order valence-corrected chi connectivity index (χ3v) is 6.73. The van der Waals surface area contributed by atoms with Crippen LogP contribution in [0.2, 0.25) is 0 Å². The van der Waals surface area contributed by atoms with Crippen molar-refractivity contribution in [2.24, 2.45) is 5.92 Å². The molecule has 0 aromatic heterocycles. The fourth-order valence-corrected chi connectivity index (χ4v) is 4.97. The Labute approximate surface area is 143 Å². The number of hydrogen-bond acceptors (Lipinski definition) is 4. The fraction of sp³-hybridized carbons (Fsp3) is 0.588. The van der Waals surface area contributed by atoms with Crippen LogP contribution in [-0.4, -0.2) is 50.0 Å². The molecule has 1 aromatic rings. The number of amides is 1. The average molecular weight is 352 g/mol. The lowest BCUT2D eigenvalue weighted by Gasteiger charge is -2.31. The van der Waals surface area contributed by atoms with E-state index in [0.717, 1.165) is 31.4 Å². The number of anilines is 1. The summed E-state index contributed by atoms with van der Waals surface area (Å²) >= 11 is 0. The van der Waals surface area contributed by atoms with E-state index in [1.54, 1.807) is 29.2 Å². The van der Waals surface area contributed by atoms with E-state index in [1.165, 1.54) is 4.31 Å². The first-order chi connectivity index (χ1) is 11.5. The minimum Gasteiger partial charge on any atom is -0.396 e. The van der Waals surface area contributed by atoms with E-state index in [0.29, 0.717) is 26.1 Å². The van der Waals surface area contributed by atoms with E-state index < -0.39 is 10.0 Å². The number of carbonyl (C=O) groups excluding carboxylic acids is 1. The second-order valence-electron chi connectivity index (χ2n) is 6.55. The molecule has 1 unspecified atom stereocenters. The smallest absolute Gasteiger partial charge is 0.243 e. The van der Waals surface area contributed by atoms with Crippen LogP contribution in [0.4, 0.5) is 5.69 Å². The third kappa shape index (κ3) is 3.48. The highest BCUT2D eigenvalue weighted by Gasteiger charge is 2.30. The molecule has 0 saturated carbocycles. The van der Waals surface area contributed by atoms with Crippen LogP contribution in [0.1, 0.15) is 32.1 Å². The van der Waals surface area contributed by atoms with Crippen LogP contribution in [0.25, 0.3) is 0 Å². The molecule has 0 aliphatic carbocycles. The van der Waals surface area contributed by atoms with Crippen LogP contribution >= 0.6 is 0 Å². The molecule has 24 heavy (non-hydrogen) atoms. The number of aliphatic hydroxyl groups is 1. The second-order valence-corrected chi connectivity index (χ2v) is 8.49. The minimum atomic E-state index is -3.55. The zero-order valence-electron chi connectivity index (χ0n) is 13.7. The van der Waals surface area contributed by atoms with E-state index in [4.69, 9.17) is 0 Å². The van der Waals surface area contributed by atoms with Gasteiger partial charge in [-0.15, -0.1) is 0 Å². The standard InChI is InChI=1S/C17H24N2O4S/c20-13-14-4-3-10-18(12-14)24(22,23)16-8-6-15(7-9-16)19-11-2-1-5-17(19)21/h6-9,14,20H,1-5,10-13H2. The fourth-order valence-electron chi connectivity index (χ4n) is 3.42. The molecule has 1 N–H and O–H groups in total. The SMILES string of the molecule is O=C1CCCCN1c1ccc(S(=O)(=O)N2CCCC(CO)C2)cc1. The number of benzene rings is 1. The molecule has 2 saturated heterocycles. The first-order valence-corrected chi connectivity index (χ1v) is 9.98. The normalized spacial score (nSPS) is 23.5. The molecule has 1 atom stereocenters. The maximum atomic E-state index is 12.8. The number of piperidine rings is 2. The first-order valence-electron chi connectivity index (χ1n) is 8.54. The van der Waals surface area contributed by atoms with Gasteiger partial charge in [-0.25, -0.2) is 8.42 Å². The molecule has 0 spiro atoms. The molecular weight excluding hydrogens is 328 g/mol. The van der Waals surface area contributed by atoms with Crippen molar-refractivity contribution in [3.05, 3.63) is 24.3 Å². The summed E-state index contributed by atoms with van der Waals surface area (Å²) in [5, 5.41) is 9.29. The molecule has 0 bridgehead atoms. The van der Waals surface area contributed by atoms with E-state index in [2.05, 4.69) is 0 Å². The maximum Gasteiger partial charge on any atom is 0.243 e. The van der Waals surface area contributed by atoms with Gasteiger partial charge in [0, 0.05) is 38.3 Å². The van der Waals surface area contributed by atoms with Gasteiger partial charge in [-0.2, -0.15) is 4.31 Å². The van der Waals surface area contributed by atoms with Gasteiger partial charge < -0.3 is 10.0 Å². The van der Waals surface area contributed by atoms with Gasteiger partial charge >= 0.3 is 0 Å². The van der Waals surface area contributed by atoms with Crippen LogP contribution in [0.3, 0.4) is 0 Å². The van der Waals surface area contributed by atoms with Gasteiger partial charge in [0.1, 0.15) is 0 Å². The van der Waals surface area contributed by atoms with Gasteiger partial charge in [0.05, 0.1) is 4.90 Å². The summed E-state index contributed by atoms with van der Waals surface area (Å²) in [6.45, 7) is 1.56. The Morgan fingerprint density at radius 2 is 1.83 bits per heavy atom. The quantitative estimate of drug-likeness (QED) is 0.893. The van der Waals surface area contributed by atoms with Gasteiger partial charge in [0.25, 0.3) is 0 Å². The topological polar surface area (TPSA) is 77.9 Å². The van der Waals surface area contributed by atoms with E-state index in [-0.39, 0.29) is 23.3 Å². The Morgan fingerprint density at radius 1 is 1.08 bits per heavy atom. The van der Waals surface area contributed by atoms with E-state index >= 15 is 0 Å². The zero-order chi connectivity index (χ0) is 17.2. The van der Waals surface area contributed by atoms with Crippen molar-refractivity contribution < 1.29 is 18.3 Å². The molecular formula is C17H24N2O4S. The molecule has 1 amide bonds. The number of nitrogens with zero attached hydrogens (tertiary/aromatic N) is 2. The molecule has 0 radical (unpaired) electrons. The molecule has 7 heteroatoms. The van der Waals surface area contributed by atoms with Crippen LogP contribution < -0.4 is 4.90 Å². The van der Waals surface area contributed by atoms with Gasteiger partial charge in [0.15, 0.2) is 0 Å². The molecule has 132 valence electrons. The van der Waals surface area contributed by atoms with Crippen LogP contribution in [0, 0.1) is 5.92 Å². The van der Waals surface area contributed by atoms with Gasteiger partial charge in [-0.3, -0.25) is 4.79 Å². The minimum absolute atomic E-state index is 0.0127. The Bertz CT molecular complexity index is 687. The summed E-state index contributed by atoms with van der Waals surface area (Å²) in [4.78, 5) is 13.9. The lowest BCUT2D eigenvalue weighted by Crippen LogP contribution is -2.40. The Morgan fingerprint density at radius 3 is 2.50 bits per heavy atom. The Hall–Kier alpha value is -1.44. The monoisotopic (exact) mass is 352 g/mol. The van der Waals surface area contributed by atoms with Crippen molar-refractivity contribution in [2.45, 2.75) is 37.0 Å². The van der Waals surface area contributed by atoms with E-state index in [9.17, 15) is 18.3 Å². The van der Waals surface area contributed by atoms with Crippen molar-refractivity contribution in [1.29, 1.82) is 0 Å². The highest BCUT2D eigenvalue weighted by Crippen LogP contribution is 2.26. The zero-order valence-corrected chi connectivity index (χ0v) is 14.5. The number of sulfonamides is 1. The predicted octanol–water partition coefficient (Wildman–Crippen LogP) is 1.60. The molecule has 1 aromatic carbocycles. The molecule has 2 heterocycles. The van der Waals surface area contributed by atoms with Crippen LogP contribution in [0.15, 0.2) is 29.2 Å². The van der Waals surface area contributed by atoms with Crippen molar-refractivity contribution in [3.63, 3.8) is 0 Å². The molecule has 2 fully saturated rings. The summed E-state index contributed by atoms with van der Waals surface area (Å²) in [6.07, 6.45) is 4.07.